The number of ether oxygens (including phenoxy) is 2. The third kappa shape index (κ3) is 3.15. The highest BCUT2D eigenvalue weighted by atomic mass is 16.7. The van der Waals surface area contributed by atoms with Gasteiger partial charge in [-0.05, 0) is 24.8 Å². The van der Waals surface area contributed by atoms with Gasteiger partial charge in [0.15, 0.2) is 12.1 Å². The molecule has 1 aromatic heterocycles. The van der Waals surface area contributed by atoms with Gasteiger partial charge in [0, 0.05) is 16.9 Å². The summed E-state index contributed by atoms with van der Waals surface area (Å²) < 4.78 is 16.7. The van der Waals surface area contributed by atoms with Crippen LogP contribution in [0.4, 0.5) is 0 Å². The molecule has 11 nitrogen and oxygen atoms in total. The molecular weight excluding hydrogens is 428 g/mol. The van der Waals surface area contributed by atoms with Crippen LogP contribution >= 0.6 is 0 Å². The number of carboxylic acids is 1. The van der Waals surface area contributed by atoms with Crippen molar-refractivity contribution in [3.63, 3.8) is 0 Å². The molecule has 2 fully saturated rings. The predicted octanol–water partition coefficient (Wildman–Crippen LogP) is -1.16. The second-order valence-electron chi connectivity index (χ2n) is 9.43. The van der Waals surface area contributed by atoms with Crippen LogP contribution in [-0.4, -0.2) is 85.1 Å². The van der Waals surface area contributed by atoms with Crippen molar-refractivity contribution in [3.8, 4) is 0 Å². The van der Waals surface area contributed by atoms with Crippen molar-refractivity contribution >= 4 is 5.97 Å². The van der Waals surface area contributed by atoms with E-state index in [1.807, 2.05) is 0 Å². The van der Waals surface area contributed by atoms with Crippen LogP contribution in [0.25, 0.3) is 0 Å². The van der Waals surface area contributed by atoms with Crippen LogP contribution in [0.1, 0.15) is 44.1 Å². The molecule has 4 rings (SSSR count). The van der Waals surface area contributed by atoms with Gasteiger partial charge in [-0.2, -0.15) is 0 Å². The molecular formula is C21H30O11. The topological polar surface area (TPSA) is 190 Å². The van der Waals surface area contributed by atoms with Crippen LogP contribution in [-0.2, 0) is 19.9 Å². The fraction of sp³-hybridized carbons (Fsp3) is 0.762. The maximum Gasteiger partial charge on any atom is 0.344 e. The smallest absolute Gasteiger partial charge is 0.344 e. The third-order valence-electron chi connectivity index (χ3n) is 7.68. The summed E-state index contributed by atoms with van der Waals surface area (Å²) in [5.74, 6) is -3.42. The number of aliphatic hydroxyl groups is 6. The molecule has 32 heavy (non-hydrogen) atoms. The van der Waals surface area contributed by atoms with Crippen LogP contribution in [0.3, 0.4) is 0 Å². The highest BCUT2D eigenvalue weighted by Gasteiger charge is 2.67. The molecule has 7 N–H and O–H groups in total. The Kier molecular flexibility index (Phi) is 5.92. The zero-order valence-electron chi connectivity index (χ0n) is 17.7. The van der Waals surface area contributed by atoms with E-state index in [0.717, 1.165) is 0 Å². The molecule has 1 saturated carbocycles. The molecule has 0 radical (unpaired) electrons. The average molecular weight is 458 g/mol. The molecule has 2 heterocycles. The van der Waals surface area contributed by atoms with Crippen molar-refractivity contribution in [1.29, 1.82) is 0 Å². The SMILES string of the molecule is C[C@H]1C(O[C@@H]2O[C@H](CO)[C@@H](O)[C@H](O)[C@H]2O)CC[C@]2(C)[C@H](O)c3ccoc3C(O)(C(=O)O)[C@@H]12. The Morgan fingerprint density at radius 2 is 1.91 bits per heavy atom. The number of carboxylic acid groups (broad SMARTS) is 1. The number of aliphatic hydroxyl groups excluding tert-OH is 5. The molecule has 0 spiro atoms. The molecule has 0 amide bonds. The molecule has 1 aromatic rings. The van der Waals surface area contributed by atoms with E-state index < -0.39 is 78.3 Å². The van der Waals surface area contributed by atoms with Crippen molar-refractivity contribution in [3.05, 3.63) is 23.7 Å². The van der Waals surface area contributed by atoms with Crippen molar-refractivity contribution in [2.75, 3.05) is 6.61 Å². The van der Waals surface area contributed by atoms with Crippen LogP contribution < -0.4 is 0 Å². The summed E-state index contributed by atoms with van der Waals surface area (Å²) in [5.41, 5.74) is -3.21. The summed E-state index contributed by atoms with van der Waals surface area (Å²) in [6.45, 7) is 2.77. The van der Waals surface area contributed by atoms with Gasteiger partial charge in [-0.15, -0.1) is 0 Å². The second kappa shape index (κ2) is 8.03. The van der Waals surface area contributed by atoms with Crippen LogP contribution in [0.2, 0.25) is 0 Å². The average Bonchev–Trinajstić information content (AvgIpc) is 3.25. The Labute approximate surface area is 183 Å². The number of aliphatic carboxylic acids is 1. The van der Waals surface area contributed by atoms with Crippen molar-refractivity contribution < 1.29 is 54.4 Å². The van der Waals surface area contributed by atoms with Crippen molar-refractivity contribution in [1.82, 2.24) is 0 Å². The zero-order chi connectivity index (χ0) is 23.6. The van der Waals surface area contributed by atoms with E-state index >= 15 is 0 Å². The van der Waals surface area contributed by atoms with Crippen molar-refractivity contribution in [2.24, 2.45) is 17.3 Å². The second-order valence-corrected chi connectivity index (χ2v) is 9.43. The van der Waals surface area contributed by atoms with Crippen molar-refractivity contribution in [2.45, 2.75) is 75.2 Å². The van der Waals surface area contributed by atoms with E-state index in [0.29, 0.717) is 6.42 Å². The maximum absolute atomic E-state index is 12.3. The maximum atomic E-state index is 12.3. The van der Waals surface area contributed by atoms with E-state index in [-0.39, 0.29) is 17.7 Å². The van der Waals surface area contributed by atoms with E-state index in [1.54, 1.807) is 13.8 Å². The molecule has 2 unspecified atom stereocenters. The molecule has 0 bridgehead atoms. The first-order chi connectivity index (χ1) is 15.0. The van der Waals surface area contributed by atoms with Crippen LogP contribution in [0.15, 0.2) is 16.7 Å². The predicted molar refractivity (Wildman–Crippen MR) is 104 cm³/mol. The number of hydrogen-bond donors (Lipinski definition) is 7. The van der Waals surface area contributed by atoms with Gasteiger partial charge in [-0.1, -0.05) is 13.8 Å². The summed E-state index contributed by atoms with van der Waals surface area (Å²) in [6, 6.07) is 1.45. The summed E-state index contributed by atoms with van der Waals surface area (Å²) in [5, 5.41) is 72.2. The molecule has 0 aromatic carbocycles. The van der Waals surface area contributed by atoms with E-state index in [1.165, 1.54) is 12.3 Å². The fourth-order valence-electron chi connectivity index (χ4n) is 5.97. The Balaban J connectivity index is 1.66. The van der Waals surface area contributed by atoms with Gasteiger partial charge in [-0.25, -0.2) is 4.79 Å². The molecule has 11 atom stereocenters. The van der Waals surface area contributed by atoms with E-state index in [4.69, 9.17) is 13.9 Å². The molecule has 3 aliphatic rings. The first-order valence-electron chi connectivity index (χ1n) is 10.7. The minimum atomic E-state index is -2.43. The summed E-state index contributed by atoms with van der Waals surface area (Å²) in [7, 11) is 0. The number of rotatable bonds is 4. The normalized spacial score (nSPS) is 48.7. The Hall–Kier alpha value is -1.57. The fourth-order valence-corrected chi connectivity index (χ4v) is 5.97. The number of carbonyl (C=O) groups is 1. The van der Waals surface area contributed by atoms with Gasteiger partial charge >= 0.3 is 5.97 Å². The highest BCUT2D eigenvalue weighted by Crippen LogP contribution is 2.63. The quantitative estimate of drug-likeness (QED) is 0.288. The Bertz CT molecular complexity index is 855. The lowest BCUT2D eigenvalue weighted by atomic mass is 9.50. The number of hydrogen-bond acceptors (Lipinski definition) is 10. The summed E-state index contributed by atoms with van der Waals surface area (Å²) in [6.07, 6.45) is -7.27. The van der Waals surface area contributed by atoms with Gasteiger partial charge < -0.3 is 49.6 Å². The molecule has 11 heteroatoms. The number of fused-ring (bicyclic) bond motifs is 2. The molecule has 1 aliphatic heterocycles. The van der Waals surface area contributed by atoms with E-state index in [2.05, 4.69) is 0 Å². The molecule has 1 saturated heterocycles. The monoisotopic (exact) mass is 458 g/mol. The Morgan fingerprint density at radius 1 is 1.22 bits per heavy atom. The van der Waals surface area contributed by atoms with Gasteiger partial charge in [0.1, 0.15) is 24.4 Å². The van der Waals surface area contributed by atoms with Crippen LogP contribution in [0.5, 0.6) is 0 Å². The molecule has 180 valence electrons. The van der Waals surface area contributed by atoms with Gasteiger partial charge in [-0.3, -0.25) is 0 Å². The van der Waals surface area contributed by atoms with Gasteiger partial charge in [0.2, 0.25) is 5.60 Å². The van der Waals surface area contributed by atoms with Crippen LogP contribution in [0, 0.1) is 17.3 Å². The third-order valence-corrected chi connectivity index (χ3v) is 7.68. The highest BCUT2D eigenvalue weighted by molar-refractivity contribution is 5.80. The minimum Gasteiger partial charge on any atom is -0.479 e. The summed E-state index contributed by atoms with van der Waals surface area (Å²) >= 11 is 0. The lowest BCUT2D eigenvalue weighted by Gasteiger charge is -2.57. The van der Waals surface area contributed by atoms with Gasteiger partial charge in [0.05, 0.1) is 25.1 Å². The lowest BCUT2D eigenvalue weighted by Crippen LogP contribution is -2.63. The minimum absolute atomic E-state index is 0.222. The molecule has 2 aliphatic carbocycles. The van der Waals surface area contributed by atoms with Gasteiger partial charge in [0.25, 0.3) is 0 Å². The Morgan fingerprint density at radius 3 is 2.53 bits per heavy atom. The summed E-state index contributed by atoms with van der Waals surface area (Å²) in [4.78, 5) is 12.3. The number of furan rings is 1. The lowest BCUT2D eigenvalue weighted by molar-refractivity contribution is -0.324. The zero-order valence-corrected chi connectivity index (χ0v) is 17.7. The standard InChI is InChI=1S/C21H30O11/c1-8-10(31-18-14(25)13(24)12(23)11(7-22)32-18)3-5-20(2)15(8)21(29,19(27)28)17-9(16(20)26)4-6-30-17/h4,6,8,10-16,18,22-26,29H,3,5,7H2,1-2H3,(H,27,28)/t8-,10?,11+,12+,13-,14+,15-,16+,18+,20-,21?/m0/s1. The van der Waals surface area contributed by atoms with E-state index in [9.17, 15) is 40.5 Å². The first-order valence-corrected chi connectivity index (χ1v) is 10.7. The largest absolute Gasteiger partial charge is 0.479 e. The first kappa shape index (κ1) is 23.6.